The third-order valence-corrected chi connectivity index (χ3v) is 10.7. The molecule has 5 rings (SSSR count). The molecule has 2 aliphatic rings. The van der Waals surface area contributed by atoms with Gasteiger partial charge in [-0.05, 0) is 59.3 Å². The number of hydrogen-bond acceptors (Lipinski definition) is 13. The maximum Gasteiger partial charge on any atom is 0.274 e. The number of hydrogen-bond donors (Lipinski definition) is 3. The first kappa shape index (κ1) is 36.2. The Balaban J connectivity index is 1.17. The molecule has 0 bridgehead atoms. The molecule has 2 saturated heterocycles. The van der Waals surface area contributed by atoms with E-state index in [1.807, 2.05) is 37.8 Å². The number of amides is 1. The molecule has 4 N–H and O–H groups in total. The Morgan fingerprint density at radius 1 is 1.02 bits per heavy atom. The van der Waals surface area contributed by atoms with Gasteiger partial charge in [0.1, 0.15) is 34.2 Å². The highest BCUT2D eigenvalue weighted by atomic mass is 32.2. The van der Waals surface area contributed by atoms with Crippen LogP contribution in [0.4, 0.5) is 11.6 Å². The fraction of sp³-hybridized carbons (Fsp3) is 0.529. The number of nitrogens with one attached hydrogen (secondary N) is 2. The van der Waals surface area contributed by atoms with Crippen molar-refractivity contribution in [1.29, 1.82) is 5.41 Å². The molecule has 0 saturated carbocycles. The smallest absolute Gasteiger partial charge is 0.274 e. The van der Waals surface area contributed by atoms with E-state index < -0.39 is 15.9 Å². The first-order valence-electron chi connectivity index (χ1n) is 16.7. The molecule has 1 unspecified atom stereocenters. The summed E-state index contributed by atoms with van der Waals surface area (Å²) in [5, 5.41) is 11.7. The molecule has 1 amide bonds. The van der Waals surface area contributed by atoms with E-state index in [0.717, 1.165) is 58.1 Å². The molecule has 0 radical (unpaired) electrons. The number of anilines is 2. The van der Waals surface area contributed by atoms with Crippen LogP contribution in [0.3, 0.4) is 0 Å². The summed E-state index contributed by atoms with van der Waals surface area (Å²) in [5.41, 5.74) is 8.21. The standard InChI is InChI=1S/C34H49N11O3S/c1-23(24(2)35)31(36)41-32-25-18-29(49(47)34(3,4)5)28(19-26(25)39-22-40-32)48-17-7-8-43-11-15-44(16-12-43)30-21-37-27(20-38-30)33(46)45-13-9-42(6)10-14-45/h18-22,35H,7-17,36H2,1-6H3,(H,39,40,41)/b31-23+,35-24?. The van der Waals surface area contributed by atoms with Crippen LogP contribution in [0, 0.1) is 5.41 Å². The second kappa shape index (κ2) is 15.7. The number of benzene rings is 1. The molecule has 2 fully saturated rings. The van der Waals surface area contributed by atoms with Crippen molar-refractivity contribution in [1.82, 2.24) is 34.6 Å². The van der Waals surface area contributed by atoms with Crippen LogP contribution >= 0.6 is 0 Å². The summed E-state index contributed by atoms with van der Waals surface area (Å²) in [4.78, 5) is 39.9. The van der Waals surface area contributed by atoms with E-state index >= 15 is 0 Å². The summed E-state index contributed by atoms with van der Waals surface area (Å²) < 4.78 is 19.5. The Morgan fingerprint density at radius 2 is 1.73 bits per heavy atom. The Morgan fingerprint density at radius 3 is 2.37 bits per heavy atom. The molecule has 49 heavy (non-hydrogen) atoms. The van der Waals surface area contributed by atoms with Crippen LogP contribution in [0.2, 0.25) is 0 Å². The monoisotopic (exact) mass is 691 g/mol. The van der Waals surface area contributed by atoms with E-state index in [1.54, 1.807) is 26.2 Å². The number of likely N-dealkylation sites (N-methyl/N-ethyl adjacent to an activating group) is 1. The number of allylic oxidation sites excluding steroid dienone is 1. The van der Waals surface area contributed by atoms with Crippen LogP contribution in [0.25, 0.3) is 10.9 Å². The van der Waals surface area contributed by atoms with Crippen LogP contribution in [0.5, 0.6) is 5.75 Å². The number of piperazine rings is 2. The molecule has 264 valence electrons. The van der Waals surface area contributed by atoms with Crippen molar-refractivity contribution in [2.75, 3.05) is 82.8 Å². The van der Waals surface area contributed by atoms with Crippen LogP contribution in [0.15, 0.2) is 47.1 Å². The highest BCUT2D eigenvalue weighted by Gasteiger charge is 2.32. The second-order valence-corrected chi connectivity index (χ2v) is 15.8. The molecule has 2 aromatic heterocycles. The van der Waals surface area contributed by atoms with Gasteiger partial charge in [-0.3, -0.25) is 9.69 Å². The number of carbonyl (C=O) groups excluding carboxylic acids is 1. The van der Waals surface area contributed by atoms with Crippen molar-refractivity contribution < 1.29 is 14.1 Å². The molecular formula is C34H49N11O3S. The molecule has 0 spiro atoms. The summed E-state index contributed by atoms with van der Waals surface area (Å²) in [6, 6.07) is 3.64. The maximum atomic E-state index is 13.7. The van der Waals surface area contributed by atoms with Crippen molar-refractivity contribution in [3.05, 3.63) is 47.9 Å². The van der Waals surface area contributed by atoms with Crippen LogP contribution in [0.1, 0.15) is 51.5 Å². The molecular weight excluding hydrogens is 643 g/mol. The van der Waals surface area contributed by atoms with E-state index in [4.69, 9.17) is 15.9 Å². The van der Waals surface area contributed by atoms with Gasteiger partial charge in [0.15, 0.2) is 10.6 Å². The summed E-state index contributed by atoms with van der Waals surface area (Å²) in [5.74, 6) is 2.07. The van der Waals surface area contributed by atoms with Gasteiger partial charge in [0.25, 0.3) is 5.91 Å². The SMILES string of the molecule is CC(=N)/C(C)=C(\N)Nc1ncnc2cc(OCCCN3CCN(c4cnc(C(=O)N5CCN(C)CC5)cn4)CC3)c([S+]([O-])C(C)(C)C)cc12. The lowest BCUT2D eigenvalue weighted by atomic mass is 10.2. The molecule has 2 aliphatic heterocycles. The lowest BCUT2D eigenvalue weighted by Gasteiger charge is -2.35. The zero-order chi connectivity index (χ0) is 35.3. The fourth-order valence-electron chi connectivity index (χ4n) is 5.61. The number of nitrogens with two attached hydrogens (primary N) is 1. The summed E-state index contributed by atoms with van der Waals surface area (Å²) >= 11 is -1.38. The highest BCUT2D eigenvalue weighted by molar-refractivity contribution is 7.92. The minimum atomic E-state index is -1.38. The number of fused-ring (bicyclic) bond motifs is 1. The van der Waals surface area contributed by atoms with Crippen molar-refractivity contribution in [2.45, 2.75) is 50.7 Å². The quantitative estimate of drug-likeness (QED) is 0.153. The third-order valence-electron chi connectivity index (χ3n) is 8.90. The lowest BCUT2D eigenvalue weighted by molar-refractivity contribution is 0.0657. The minimum Gasteiger partial charge on any atom is -0.611 e. The Labute approximate surface area is 291 Å². The largest absolute Gasteiger partial charge is 0.611 e. The average molecular weight is 692 g/mol. The van der Waals surface area contributed by atoms with Crippen LogP contribution in [-0.4, -0.2) is 128 Å². The van der Waals surface area contributed by atoms with Crippen molar-refractivity contribution in [3.8, 4) is 5.75 Å². The zero-order valence-electron chi connectivity index (χ0n) is 29.5. The van der Waals surface area contributed by atoms with E-state index in [2.05, 4.69) is 47.0 Å². The second-order valence-electron chi connectivity index (χ2n) is 13.6. The summed E-state index contributed by atoms with van der Waals surface area (Å²) in [6.07, 6.45) is 5.55. The van der Waals surface area contributed by atoms with Crippen LogP contribution in [-0.2, 0) is 11.2 Å². The van der Waals surface area contributed by atoms with E-state index in [-0.39, 0.29) is 5.91 Å². The average Bonchev–Trinajstić information content (AvgIpc) is 3.09. The number of aromatic nitrogens is 4. The summed E-state index contributed by atoms with van der Waals surface area (Å²) in [7, 11) is 2.06. The van der Waals surface area contributed by atoms with Crippen molar-refractivity contribution in [3.63, 3.8) is 0 Å². The van der Waals surface area contributed by atoms with Gasteiger partial charge in [-0.25, -0.2) is 19.9 Å². The lowest BCUT2D eigenvalue weighted by Crippen LogP contribution is -2.47. The van der Waals surface area contributed by atoms with Crippen molar-refractivity contribution >= 4 is 45.3 Å². The topological polar surface area (TPSA) is 176 Å². The predicted molar refractivity (Wildman–Crippen MR) is 194 cm³/mol. The minimum absolute atomic E-state index is 0.0578. The molecule has 3 aromatic rings. The number of nitrogens with zero attached hydrogens (tertiary/aromatic N) is 8. The summed E-state index contributed by atoms with van der Waals surface area (Å²) in [6.45, 7) is 17.1. The molecule has 14 nitrogen and oxygen atoms in total. The maximum absolute atomic E-state index is 13.7. The molecule has 4 heterocycles. The van der Waals surface area contributed by atoms with Gasteiger partial charge in [-0.1, -0.05) is 0 Å². The normalized spacial score (nSPS) is 17.5. The van der Waals surface area contributed by atoms with Crippen LogP contribution < -0.4 is 20.7 Å². The number of rotatable bonds is 11. The van der Waals surface area contributed by atoms with E-state index in [9.17, 15) is 9.35 Å². The zero-order valence-corrected chi connectivity index (χ0v) is 30.3. The van der Waals surface area contributed by atoms with Gasteiger partial charge < -0.3 is 40.4 Å². The van der Waals surface area contributed by atoms with Gasteiger partial charge in [0.2, 0.25) is 0 Å². The number of carbonyl (C=O) groups is 1. The van der Waals surface area contributed by atoms with E-state index in [1.165, 1.54) is 6.33 Å². The Hall–Kier alpha value is -4.05. The number of ether oxygens (including phenoxy) is 1. The predicted octanol–water partition coefficient (Wildman–Crippen LogP) is 2.95. The molecule has 0 aliphatic carbocycles. The van der Waals surface area contributed by atoms with Gasteiger partial charge >= 0.3 is 0 Å². The van der Waals surface area contributed by atoms with Gasteiger partial charge in [-0.2, -0.15) is 0 Å². The Bertz CT molecular complexity index is 1660. The fourth-order valence-corrected chi connectivity index (χ4v) is 6.80. The molecule has 1 aromatic carbocycles. The molecule has 15 heteroatoms. The van der Waals surface area contributed by atoms with Gasteiger partial charge in [0, 0.05) is 87.7 Å². The van der Waals surface area contributed by atoms with Gasteiger partial charge in [0.05, 0.1) is 24.5 Å². The van der Waals surface area contributed by atoms with Gasteiger partial charge in [-0.15, -0.1) is 0 Å². The van der Waals surface area contributed by atoms with Crippen molar-refractivity contribution in [2.24, 2.45) is 5.73 Å². The van der Waals surface area contributed by atoms with E-state index in [0.29, 0.717) is 69.9 Å². The first-order valence-corrected chi connectivity index (χ1v) is 17.9. The third kappa shape index (κ3) is 8.95. The first-order chi connectivity index (χ1) is 23.3. The Kier molecular flexibility index (Phi) is 11.6. The molecule has 1 atom stereocenters. The highest BCUT2D eigenvalue weighted by Crippen LogP contribution is 2.36.